The molecule has 1 N–H and O–H groups in total. The van der Waals surface area contributed by atoms with Crippen molar-refractivity contribution in [2.45, 2.75) is 13.5 Å². The molecule has 6 nitrogen and oxygen atoms in total. The summed E-state index contributed by atoms with van der Waals surface area (Å²) in [6.07, 6.45) is 0. The van der Waals surface area contributed by atoms with Gasteiger partial charge in [-0.2, -0.15) is 5.26 Å². The largest absolute Gasteiger partial charge is 0.476 e. The van der Waals surface area contributed by atoms with Gasteiger partial charge >= 0.3 is 5.97 Å². The maximum absolute atomic E-state index is 10.5. The van der Waals surface area contributed by atoms with Gasteiger partial charge in [-0.3, -0.25) is 4.90 Å². The van der Waals surface area contributed by atoms with Crippen LogP contribution in [0.4, 0.5) is 0 Å². The Morgan fingerprint density at radius 1 is 1.81 bits per heavy atom. The number of nitrogens with zero attached hydrogens (tertiary/aromatic N) is 3. The Kier molecular flexibility index (Phi) is 4.03. The van der Waals surface area contributed by atoms with E-state index >= 15 is 0 Å². The Morgan fingerprint density at radius 3 is 3.00 bits per heavy atom. The van der Waals surface area contributed by atoms with Gasteiger partial charge in [0.25, 0.3) is 0 Å². The maximum Gasteiger partial charge on any atom is 0.358 e. The zero-order chi connectivity index (χ0) is 12.1. The van der Waals surface area contributed by atoms with Crippen LogP contribution < -0.4 is 0 Å². The van der Waals surface area contributed by atoms with Crippen LogP contribution in [0.25, 0.3) is 0 Å². The highest BCUT2D eigenvalue weighted by Gasteiger charge is 2.13. The van der Waals surface area contributed by atoms with Gasteiger partial charge in [-0.25, -0.2) is 4.79 Å². The molecule has 0 aromatic carbocycles. The number of rotatable bonds is 5. The summed E-state index contributed by atoms with van der Waals surface area (Å²) in [6, 6.07) is 3.51. The van der Waals surface area contributed by atoms with Crippen molar-refractivity contribution in [1.29, 1.82) is 5.26 Å². The van der Waals surface area contributed by atoms with Crippen LogP contribution in [0.2, 0.25) is 0 Å². The molecule has 0 fully saturated rings. The van der Waals surface area contributed by atoms with Crippen LogP contribution in [0.3, 0.4) is 0 Å². The van der Waals surface area contributed by atoms with E-state index in [0.29, 0.717) is 18.8 Å². The average molecular weight is 223 g/mol. The first-order valence-electron chi connectivity index (χ1n) is 4.80. The third-order valence-electron chi connectivity index (χ3n) is 2.01. The van der Waals surface area contributed by atoms with E-state index < -0.39 is 5.97 Å². The average Bonchev–Trinajstić information content (AvgIpc) is 2.65. The monoisotopic (exact) mass is 223 g/mol. The Hall–Kier alpha value is -1.87. The predicted molar refractivity (Wildman–Crippen MR) is 54.6 cm³/mol. The quantitative estimate of drug-likeness (QED) is 0.799. The first-order valence-corrected chi connectivity index (χ1v) is 4.80. The van der Waals surface area contributed by atoms with Crippen LogP contribution in [-0.2, 0) is 6.54 Å². The fourth-order valence-electron chi connectivity index (χ4n) is 1.33. The molecule has 0 saturated heterocycles. The molecule has 1 aromatic rings. The van der Waals surface area contributed by atoms with Crippen LogP contribution >= 0.6 is 0 Å². The van der Waals surface area contributed by atoms with E-state index in [0.717, 1.165) is 0 Å². The fraction of sp³-hybridized carbons (Fsp3) is 0.500. The van der Waals surface area contributed by atoms with Gasteiger partial charge in [0.1, 0.15) is 0 Å². The second-order valence-electron chi connectivity index (χ2n) is 3.71. The molecule has 0 amide bonds. The molecule has 0 bridgehead atoms. The summed E-state index contributed by atoms with van der Waals surface area (Å²) in [7, 11) is 1.83. The topological polar surface area (TPSA) is 90.4 Å². The number of hydrogen-bond acceptors (Lipinski definition) is 5. The van der Waals surface area contributed by atoms with Gasteiger partial charge in [-0.05, 0) is 14.0 Å². The van der Waals surface area contributed by atoms with E-state index in [1.165, 1.54) is 6.07 Å². The van der Waals surface area contributed by atoms with Crippen molar-refractivity contribution in [2.75, 3.05) is 13.6 Å². The minimum absolute atomic E-state index is 0.0770. The maximum atomic E-state index is 10.5. The molecule has 1 heterocycles. The summed E-state index contributed by atoms with van der Waals surface area (Å²) >= 11 is 0. The molecular formula is C10H13N3O3. The highest BCUT2D eigenvalue weighted by molar-refractivity contribution is 5.85. The summed E-state index contributed by atoms with van der Waals surface area (Å²) in [4.78, 5) is 12.4. The summed E-state index contributed by atoms with van der Waals surface area (Å²) in [5.41, 5.74) is -0.100. The fourth-order valence-corrected chi connectivity index (χ4v) is 1.33. The lowest BCUT2D eigenvalue weighted by atomic mass is 10.2. The molecule has 0 aliphatic heterocycles. The summed E-state index contributed by atoms with van der Waals surface area (Å²) in [5, 5.41) is 20.7. The van der Waals surface area contributed by atoms with Crippen molar-refractivity contribution in [2.24, 2.45) is 5.92 Å². The Morgan fingerprint density at radius 2 is 2.50 bits per heavy atom. The molecule has 6 heteroatoms. The third kappa shape index (κ3) is 3.37. The Balaban J connectivity index is 2.53. The standard InChI is InChI=1S/C10H13N3O3/c1-7(4-11)5-13(2)6-8-3-9(10(14)15)12-16-8/h3,7H,5-6H2,1-2H3,(H,14,15). The molecule has 1 aromatic heterocycles. The first kappa shape index (κ1) is 12.2. The van der Waals surface area contributed by atoms with E-state index in [1.54, 1.807) is 0 Å². The number of carboxylic acid groups (broad SMARTS) is 1. The molecule has 0 spiro atoms. The number of carbonyl (C=O) groups is 1. The minimum atomic E-state index is -1.11. The number of carboxylic acids is 1. The van der Waals surface area contributed by atoms with E-state index in [-0.39, 0.29) is 11.6 Å². The molecule has 1 atom stereocenters. The van der Waals surface area contributed by atoms with E-state index in [2.05, 4.69) is 11.2 Å². The molecule has 1 rings (SSSR count). The molecule has 86 valence electrons. The second kappa shape index (κ2) is 5.28. The second-order valence-corrected chi connectivity index (χ2v) is 3.71. The van der Waals surface area contributed by atoms with E-state index in [9.17, 15) is 4.79 Å². The van der Waals surface area contributed by atoms with Gasteiger partial charge in [0, 0.05) is 12.6 Å². The summed E-state index contributed by atoms with van der Waals surface area (Å²) in [6.45, 7) is 2.85. The highest BCUT2D eigenvalue weighted by Crippen LogP contribution is 2.07. The molecule has 0 aliphatic rings. The van der Waals surface area contributed by atoms with Gasteiger partial charge in [-0.1, -0.05) is 5.16 Å². The van der Waals surface area contributed by atoms with Crippen molar-refractivity contribution in [3.05, 3.63) is 17.5 Å². The summed E-state index contributed by atoms with van der Waals surface area (Å²) in [5.74, 6) is -0.708. The molecule has 0 aliphatic carbocycles. The van der Waals surface area contributed by atoms with E-state index in [1.807, 2.05) is 18.9 Å². The van der Waals surface area contributed by atoms with Gasteiger partial charge in [0.2, 0.25) is 0 Å². The third-order valence-corrected chi connectivity index (χ3v) is 2.01. The number of nitriles is 1. The van der Waals surface area contributed by atoms with Crippen LogP contribution in [-0.4, -0.2) is 34.7 Å². The van der Waals surface area contributed by atoms with Crippen LogP contribution in [0, 0.1) is 17.2 Å². The normalized spacial score (nSPS) is 12.4. The van der Waals surface area contributed by atoms with Gasteiger partial charge < -0.3 is 9.63 Å². The Labute approximate surface area is 93.1 Å². The smallest absolute Gasteiger partial charge is 0.358 e. The first-order chi connectivity index (χ1) is 7.52. The van der Waals surface area contributed by atoms with Crippen molar-refractivity contribution in [3.63, 3.8) is 0 Å². The lowest BCUT2D eigenvalue weighted by Crippen LogP contribution is -2.23. The van der Waals surface area contributed by atoms with Crippen molar-refractivity contribution >= 4 is 5.97 Å². The van der Waals surface area contributed by atoms with Gasteiger partial charge in [0.15, 0.2) is 11.5 Å². The zero-order valence-corrected chi connectivity index (χ0v) is 9.17. The van der Waals surface area contributed by atoms with Crippen molar-refractivity contribution < 1.29 is 14.4 Å². The van der Waals surface area contributed by atoms with Crippen LogP contribution in [0.15, 0.2) is 10.6 Å². The highest BCUT2D eigenvalue weighted by atomic mass is 16.5. The van der Waals surface area contributed by atoms with Gasteiger partial charge in [0.05, 0.1) is 18.5 Å². The molecule has 0 radical (unpaired) electrons. The number of hydrogen-bond donors (Lipinski definition) is 1. The SMILES string of the molecule is CC(C#N)CN(C)Cc1cc(C(=O)O)no1. The zero-order valence-electron chi connectivity index (χ0n) is 9.17. The molecule has 0 saturated carbocycles. The minimum Gasteiger partial charge on any atom is -0.476 e. The molecular weight excluding hydrogens is 210 g/mol. The van der Waals surface area contributed by atoms with E-state index in [4.69, 9.17) is 14.9 Å². The van der Waals surface area contributed by atoms with Crippen molar-refractivity contribution in [3.8, 4) is 6.07 Å². The van der Waals surface area contributed by atoms with Gasteiger partial charge in [-0.15, -0.1) is 0 Å². The summed E-state index contributed by atoms with van der Waals surface area (Å²) < 4.78 is 4.86. The molecule has 1 unspecified atom stereocenters. The van der Waals surface area contributed by atoms with Crippen LogP contribution in [0.1, 0.15) is 23.2 Å². The lowest BCUT2D eigenvalue weighted by Gasteiger charge is -2.15. The molecule has 16 heavy (non-hydrogen) atoms. The number of aromatic carboxylic acids is 1. The van der Waals surface area contributed by atoms with Crippen molar-refractivity contribution in [1.82, 2.24) is 10.1 Å². The number of aromatic nitrogens is 1. The predicted octanol–water partition coefficient (Wildman–Crippen LogP) is 0.964. The lowest BCUT2D eigenvalue weighted by molar-refractivity contribution is 0.0685. The van der Waals surface area contributed by atoms with Crippen LogP contribution in [0.5, 0.6) is 0 Å². The Bertz CT molecular complexity index is 408.